The predicted molar refractivity (Wildman–Crippen MR) is 74.3 cm³/mol. The van der Waals surface area contributed by atoms with Crippen molar-refractivity contribution in [2.75, 3.05) is 6.54 Å². The fraction of sp³-hybridized carbons (Fsp3) is 0.933. The summed E-state index contributed by atoms with van der Waals surface area (Å²) < 4.78 is 0. The largest absolute Gasteiger partial charge is 0.353 e. The average Bonchev–Trinajstić information content (AvgIpc) is 2.67. The first-order valence-electron chi connectivity index (χ1n) is 7.28. The van der Waals surface area contributed by atoms with Crippen LogP contribution in [0.5, 0.6) is 0 Å². The number of rotatable bonds is 4. The molecule has 18 heavy (non-hydrogen) atoms. The Hall–Kier alpha value is -0.570. The summed E-state index contributed by atoms with van der Waals surface area (Å²) in [5.41, 5.74) is 0.720. The summed E-state index contributed by atoms with van der Waals surface area (Å²) in [5, 5.41) is 6.49. The van der Waals surface area contributed by atoms with Crippen molar-refractivity contribution in [1.29, 1.82) is 0 Å². The van der Waals surface area contributed by atoms with Crippen molar-refractivity contribution < 1.29 is 4.79 Å². The quantitative estimate of drug-likeness (QED) is 0.806. The van der Waals surface area contributed by atoms with Gasteiger partial charge in [-0.1, -0.05) is 20.8 Å². The van der Waals surface area contributed by atoms with E-state index in [0.29, 0.717) is 23.4 Å². The topological polar surface area (TPSA) is 41.1 Å². The summed E-state index contributed by atoms with van der Waals surface area (Å²) in [7, 11) is 0. The van der Waals surface area contributed by atoms with Crippen LogP contribution in [0.3, 0.4) is 0 Å². The summed E-state index contributed by atoms with van der Waals surface area (Å²) in [5.74, 6) is 0.945. The molecule has 3 heteroatoms. The summed E-state index contributed by atoms with van der Waals surface area (Å²) in [4.78, 5) is 11.8. The van der Waals surface area contributed by atoms with Gasteiger partial charge >= 0.3 is 0 Å². The van der Waals surface area contributed by atoms with Crippen LogP contribution in [0, 0.1) is 16.7 Å². The van der Waals surface area contributed by atoms with Crippen LogP contribution in [-0.2, 0) is 4.79 Å². The predicted octanol–water partition coefficient (Wildman–Crippen LogP) is 2.32. The van der Waals surface area contributed by atoms with Gasteiger partial charge in [0.1, 0.15) is 0 Å². The molecule has 2 aliphatic carbocycles. The van der Waals surface area contributed by atoms with Gasteiger partial charge in [-0.05, 0) is 49.9 Å². The summed E-state index contributed by atoms with van der Waals surface area (Å²) >= 11 is 0. The number of amides is 1. The van der Waals surface area contributed by atoms with E-state index >= 15 is 0 Å². The summed E-state index contributed by atoms with van der Waals surface area (Å²) in [6.07, 6.45) is 3.99. The third-order valence-corrected chi connectivity index (χ3v) is 5.19. The minimum atomic E-state index is 0.118. The first kappa shape index (κ1) is 13.9. The Bertz CT molecular complexity index is 333. The van der Waals surface area contributed by atoms with Crippen molar-refractivity contribution in [3.8, 4) is 0 Å². The molecule has 3 unspecified atom stereocenters. The lowest BCUT2D eigenvalue weighted by molar-refractivity contribution is -0.121. The second-order valence-corrected chi connectivity index (χ2v) is 7.45. The minimum Gasteiger partial charge on any atom is -0.353 e. The Labute approximate surface area is 111 Å². The van der Waals surface area contributed by atoms with E-state index in [1.807, 2.05) is 13.8 Å². The smallest absolute Gasteiger partial charge is 0.234 e. The molecule has 0 spiro atoms. The molecule has 2 N–H and O–H groups in total. The third kappa shape index (κ3) is 2.29. The van der Waals surface area contributed by atoms with Crippen molar-refractivity contribution in [3.05, 3.63) is 0 Å². The molecule has 2 rings (SSSR count). The van der Waals surface area contributed by atoms with Gasteiger partial charge in [0.2, 0.25) is 5.91 Å². The van der Waals surface area contributed by atoms with Crippen LogP contribution in [-0.4, -0.2) is 24.5 Å². The number of hydrogen-bond donors (Lipinski definition) is 2. The molecule has 0 radical (unpaired) electrons. The van der Waals surface area contributed by atoms with Crippen LogP contribution < -0.4 is 10.6 Å². The van der Waals surface area contributed by atoms with Crippen LogP contribution in [0.25, 0.3) is 0 Å². The van der Waals surface area contributed by atoms with Crippen LogP contribution in [0.2, 0.25) is 0 Å². The number of carbonyl (C=O) groups is 1. The van der Waals surface area contributed by atoms with Gasteiger partial charge in [0.15, 0.2) is 0 Å². The van der Waals surface area contributed by atoms with Gasteiger partial charge in [-0.25, -0.2) is 0 Å². The SMILES string of the molecule is CC(C)NC(=O)CNC1C2(C)CCC(C2)C1(C)C. The minimum absolute atomic E-state index is 0.118. The zero-order valence-electron chi connectivity index (χ0n) is 12.5. The first-order valence-corrected chi connectivity index (χ1v) is 7.28. The molecule has 2 aliphatic rings. The second kappa shape index (κ2) is 4.52. The van der Waals surface area contributed by atoms with E-state index in [4.69, 9.17) is 0 Å². The van der Waals surface area contributed by atoms with Crippen molar-refractivity contribution in [3.63, 3.8) is 0 Å². The molecule has 104 valence electrons. The van der Waals surface area contributed by atoms with E-state index < -0.39 is 0 Å². The van der Waals surface area contributed by atoms with Gasteiger partial charge in [-0.15, -0.1) is 0 Å². The van der Waals surface area contributed by atoms with Gasteiger partial charge in [-0.2, -0.15) is 0 Å². The fourth-order valence-corrected chi connectivity index (χ4v) is 4.38. The molecule has 3 nitrogen and oxygen atoms in total. The van der Waals surface area contributed by atoms with Crippen molar-refractivity contribution >= 4 is 5.91 Å². The van der Waals surface area contributed by atoms with Crippen molar-refractivity contribution in [2.24, 2.45) is 16.7 Å². The molecule has 0 aliphatic heterocycles. The van der Waals surface area contributed by atoms with Crippen LogP contribution >= 0.6 is 0 Å². The molecule has 1 amide bonds. The third-order valence-electron chi connectivity index (χ3n) is 5.19. The van der Waals surface area contributed by atoms with Gasteiger partial charge in [0.25, 0.3) is 0 Å². The molecule has 0 aromatic carbocycles. The highest BCUT2D eigenvalue weighted by molar-refractivity contribution is 5.78. The number of hydrogen-bond acceptors (Lipinski definition) is 2. The monoisotopic (exact) mass is 252 g/mol. The Morgan fingerprint density at radius 3 is 2.50 bits per heavy atom. The number of carbonyl (C=O) groups excluding carboxylic acids is 1. The first-order chi connectivity index (χ1) is 8.25. The van der Waals surface area contributed by atoms with Crippen molar-refractivity contribution in [2.45, 2.75) is 66.0 Å². The van der Waals surface area contributed by atoms with E-state index in [0.717, 1.165) is 5.92 Å². The van der Waals surface area contributed by atoms with Gasteiger partial charge in [-0.3, -0.25) is 4.79 Å². The normalized spacial score (nSPS) is 37.2. The lowest BCUT2D eigenvalue weighted by Gasteiger charge is -2.43. The lowest BCUT2D eigenvalue weighted by Crippen LogP contribution is -2.53. The fourth-order valence-electron chi connectivity index (χ4n) is 4.38. The Morgan fingerprint density at radius 1 is 1.33 bits per heavy atom. The molecule has 2 fully saturated rings. The van der Waals surface area contributed by atoms with E-state index in [9.17, 15) is 4.79 Å². The van der Waals surface area contributed by atoms with Crippen LogP contribution in [0.4, 0.5) is 0 Å². The van der Waals surface area contributed by atoms with E-state index in [-0.39, 0.29) is 11.9 Å². The lowest BCUT2D eigenvalue weighted by atomic mass is 9.68. The van der Waals surface area contributed by atoms with Gasteiger partial charge in [0, 0.05) is 12.1 Å². The molecular formula is C15H28N2O. The van der Waals surface area contributed by atoms with E-state index in [1.54, 1.807) is 0 Å². The van der Waals surface area contributed by atoms with Crippen LogP contribution in [0.1, 0.15) is 53.9 Å². The molecule has 2 saturated carbocycles. The zero-order chi connectivity index (χ0) is 13.6. The highest BCUT2D eigenvalue weighted by Gasteiger charge is 2.58. The van der Waals surface area contributed by atoms with Gasteiger partial charge < -0.3 is 10.6 Å². The molecular weight excluding hydrogens is 224 g/mol. The van der Waals surface area contributed by atoms with Gasteiger partial charge in [0.05, 0.1) is 6.54 Å². The number of nitrogens with one attached hydrogen (secondary N) is 2. The Balaban J connectivity index is 1.95. The molecule has 2 bridgehead atoms. The standard InChI is InChI=1S/C15H28N2O/c1-10(2)17-12(18)9-16-13-14(3,4)11-6-7-15(13,5)8-11/h10-11,13,16H,6-9H2,1-5H3,(H,17,18). The summed E-state index contributed by atoms with van der Waals surface area (Å²) in [6, 6.07) is 0.699. The van der Waals surface area contributed by atoms with E-state index in [1.165, 1.54) is 19.3 Å². The highest BCUT2D eigenvalue weighted by atomic mass is 16.1. The maximum absolute atomic E-state index is 11.8. The zero-order valence-corrected chi connectivity index (χ0v) is 12.5. The molecule has 0 aromatic rings. The molecule has 0 heterocycles. The maximum atomic E-state index is 11.8. The molecule has 0 saturated heterocycles. The average molecular weight is 252 g/mol. The molecule has 3 atom stereocenters. The Kier molecular flexibility index (Phi) is 3.48. The summed E-state index contributed by atoms with van der Waals surface area (Å²) in [6.45, 7) is 11.6. The Morgan fingerprint density at radius 2 is 2.00 bits per heavy atom. The van der Waals surface area contributed by atoms with Crippen molar-refractivity contribution in [1.82, 2.24) is 10.6 Å². The second-order valence-electron chi connectivity index (χ2n) is 7.45. The maximum Gasteiger partial charge on any atom is 0.234 e. The highest BCUT2D eigenvalue weighted by Crippen LogP contribution is 2.62. The van der Waals surface area contributed by atoms with Crippen LogP contribution in [0.15, 0.2) is 0 Å². The molecule has 0 aromatic heterocycles. The van der Waals surface area contributed by atoms with E-state index in [2.05, 4.69) is 31.4 Å². The number of fused-ring (bicyclic) bond motifs is 2.